The normalized spacial score (nSPS) is 17.1. The maximum Gasteiger partial charge on any atom is 0.254 e. The highest BCUT2D eigenvalue weighted by Crippen LogP contribution is 2.24. The van der Waals surface area contributed by atoms with Crippen LogP contribution in [0.5, 0.6) is 0 Å². The maximum atomic E-state index is 13.0. The van der Waals surface area contributed by atoms with Crippen LogP contribution in [0.2, 0.25) is 0 Å². The van der Waals surface area contributed by atoms with E-state index in [0.717, 1.165) is 25.8 Å². The summed E-state index contributed by atoms with van der Waals surface area (Å²) < 4.78 is 26.5. The number of hydrogen-bond acceptors (Lipinski definition) is 3. The van der Waals surface area contributed by atoms with Crippen molar-refractivity contribution in [1.29, 1.82) is 0 Å². The molecule has 1 aliphatic heterocycles. The molecule has 5 nitrogen and oxygen atoms in total. The molecule has 1 amide bonds. The summed E-state index contributed by atoms with van der Waals surface area (Å²) >= 11 is 0. The molecular formula is C21H26N2O3S. The van der Waals surface area contributed by atoms with Gasteiger partial charge < -0.3 is 4.90 Å². The highest BCUT2D eigenvalue weighted by molar-refractivity contribution is 7.92. The number of nitrogens with one attached hydrogen (secondary N) is 1. The molecule has 0 saturated carbocycles. The van der Waals surface area contributed by atoms with Gasteiger partial charge in [-0.05, 0) is 49.4 Å². The Morgan fingerprint density at radius 3 is 2.67 bits per heavy atom. The maximum absolute atomic E-state index is 13.0. The Morgan fingerprint density at radius 1 is 1.15 bits per heavy atom. The Hall–Kier alpha value is -2.34. The minimum atomic E-state index is -3.37. The minimum Gasteiger partial charge on any atom is -0.335 e. The molecule has 0 aromatic heterocycles. The monoisotopic (exact) mass is 386 g/mol. The van der Waals surface area contributed by atoms with Crippen LogP contribution < -0.4 is 4.72 Å². The van der Waals surface area contributed by atoms with Crippen LogP contribution in [0.25, 0.3) is 0 Å². The number of amides is 1. The summed E-state index contributed by atoms with van der Waals surface area (Å²) in [4.78, 5) is 15.0. The molecular weight excluding hydrogens is 360 g/mol. The first kappa shape index (κ1) is 19.4. The summed E-state index contributed by atoms with van der Waals surface area (Å²) in [6.45, 7) is 2.56. The molecule has 2 aromatic rings. The van der Waals surface area contributed by atoms with E-state index < -0.39 is 10.0 Å². The molecule has 1 N–H and O–H groups in total. The Bertz CT molecular complexity index is 881. The predicted octanol–water partition coefficient (Wildman–Crippen LogP) is 3.69. The van der Waals surface area contributed by atoms with Crippen LogP contribution in [0.15, 0.2) is 54.6 Å². The van der Waals surface area contributed by atoms with Gasteiger partial charge in [-0.25, -0.2) is 8.42 Å². The van der Waals surface area contributed by atoms with Gasteiger partial charge in [0.1, 0.15) is 0 Å². The molecule has 0 spiro atoms. The Kier molecular flexibility index (Phi) is 6.16. The largest absolute Gasteiger partial charge is 0.335 e. The van der Waals surface area contributed by atoms with Gasteiger partial charge in [0, 0.05) is 23.8 Å². The molecule has 1 heterocycles. The number of rotatable bonds is 7. The second-order valence-corrected chi connectivity index (χ2v) is 8.83. The third-order valence-electron chi connectivity index (χ3n) is 4.81. The Labute approximate surface area is 161 Å². The molecule has 6 heteroatoms. The van der Waals surface area contributed by atoms with Crippen LogP contribution in [-0.2, 0) is 16.4 Å². The number of hydrogen-bond donors (Lipinski definition) is 1. The van der Waals surface area contributed by atoms with E-state index in [1.165, 1.54) is 5.56 Å². The first-order valence-corrected chi connectivity index (χ1v) is 11.1. The quantitative estimate of drug-likeness (QED) is 0.789. The molecule has 2 aromatic carbocycles. The fraction of sp³-hybridized carbons (Fsp3) is 0.381. The number of carbonyl (C=O) groups is 1. The van der Waals surface area contributed by atoms with Crippen LogP contribution in [0.3, 0.4) is 0 Å². The predicted molar refractivity (Wildman–Crippen MR) is 108 cm³/mol. The van der Waals surface area contributed by atoms with E-state index in [9.17, 15) is 13.2 Å². The lowest BCUT2D eigenvalue weighted by Crippen LogP contribution is -2.36. The van der Waals surface area contributed by atoms with Crippen LogP contribution >= 0.6 is 0 Å². The molecule has 0 radical (unpaired) electrons. The zero-order valence-electron chi connectivity index (χ0n) is 15.6. The third-order valence-corrected chi connectivity index (χ3v) is 6.30. The van der Waals surface area contributed by atoms with Gasteiger partial charge in [0.15, 0.2) is 0 Å². The van der Waals surface area contributed by atoms with E-state index in [1.54, 1.807) is 24.3 Å². The highest BCUT2D eigenvalue weighted by atomic mass is 32.2. The molecule has 1 atom stereocenters. The van der Waals surface area contributed by atoms with Crippen molar-refractivity contribution in [3.05, 3.63) is 65.7 Å². The Morgan fingerprint density at radius 2 is 1.93 bits per heavy atom. The fourth-order valence-corrected chi connectivity index (χ4v) is 4.71. The van der Waals surface area contributed by atoms with E-state index in [2.05, 4.69) is 16.9 Å². The van der Waals surface area contributed by atoms with Crippen molar-refractivity contribution in [1.82, 2.24) is 4.90 Å². The number of anilines is 1. The summed E-state index contributed by atoms with van der Waals surface area (Å²) in [7, 11) is -3.37. The molecule has 0 aliphatic carbocycles. The van der Waals surface area contributed by atoms with Crippen molar-refractivity contribution in [3.63, 3.8) is 0 Å². The van der Waals surface area contributed by atoms with Gasteiger partial charge in [-0.2, -0.15) is 0 Å². The molecule has 144 valence electrons. The van der Waals surface area contributed by atoms with Gasteiger partial charge in [-0.3, -0.25) is 9.52 Å². The zero-order chi connectivity index (χ0) is 19.3. The average molecular weight is 387 g/mol. The van der Waals surface area contributed by atoms with Gasteiger partial charge in [0.2, 0.25) is 10.0 Å². The second kappa shape index (κ2) is 8.57. The molecule has 27 heavy (non-hydrogen) atoms. The number of nitrogens with zero attached hydrogens (tertiary/aromatic N) is 1. The minimum absolute atomic E-state index is 0.0371. The standard InChI is InChI=1S/C21H26N2O3S/c1-2-14-27(25,26)22-19-11-6-10-18(16-19)21(24)23-13-7-12-20(23)15-17-8-4-3-5-9-17/h3-6,8-11,16,20,22H,2,7,12-15H2,1H3. The van der Waals surface area contributed by atoms with Crippen LogP contribution in [0.4, 0.5) is 5.69 Å². The summed E-state index contributed by atoms with van der Waals surface area (Å²) in [5, 5.41) is 0. The average Bonchev–Trinajstić information content (AvgIpc) is 3.09. The van der Waals surface area contributed by atoms with Gasteiger partial charge in [-0.1, -0.05) is 43.3 Å². The number of likely N-dealkylation sites (tertiary alicyclic amines) is 1. The number of benzene rings is 2. The van der Waals surface area contributed by atoms with E-state index in [1.807, 2.05) is 30.0 Å². The topological polar surface area (TPSA) is 66.5 Å². The van der Waals surface area contributed by atoms with Crippen molar-refractivity contribution in [2.45, 2.75) is 38.6 Å². The number of sulfonamides is 1. The zero-order valence-corrected chi connectivity index (χ0v) is 16.4. The van der Waals surface area contributed by atoms with Gasteiger partial charge in [0.25, 0.3) is 5.91 Å². The van der Waals surface area contributed by atoms with Crippen LogP contribution in [-0.4, -0.2) is 37.6 Å². The van der Waals surface area contributed by atoms with E-state index in [4.69, 9.17) is 0 Å². The molecule has 1 fully saturated rings. The Balaban J connectivity index is 1.74. The molecule has 0 bridgehead atoms. The summed E-state index contributed by atoms with van der Waals surface area (Å²) in [5.74, 6) is 0.0289. The summed E-state index contributed by atoms with van der Waals surface area (Å²) in [5.41, 5.74) is 2.18. The van der Waals surface area contributed by atoms with Crippen LogP contribution in [0, 0.1) is 0 Å². The number of carbonyl (C=O) groups excluding carboxylic acids is 1. The van der Waals surface area contributed by atoms with E-state index >= 15 is 0 Å². The van der Waals surface area contributed by atoms with Crippen molar-refractivity contribution in [3.8, 4) is 0 Å². The SMILES string of the molecule is CCCS(=O)(=O)Nc1cccc(C(=O)N2CCCC2Cc2ccccc2)c1. The van der Waals surface area contributed by atoms with E-state index in [0.29, 0.717) is 17.7 Å². The molecule has 1 saturated heterocycles. The molecule has 1 unspecified atom stereocenters. The van der Waals surface area contributed by atoms with Crippen molar-refractivity contribution >= 4 is 21.6 Å². The van der Waals surface area contributed by atoms with Gasteiger partial charge >= 0.3 is 0 Å². The van der Waals surface area contributed by atoms with Crippen LogP contribution in [0.1, 0.15) is 42.1 Å². The van der Waals surface area contributed by atoms with Crippen molar-refractivity contribution in [2.75, 3.05) is 17.0 Å². The lowest BCUT2D eigenvalue weighted by molar-refractivity contribution is 0.0736. The van der Waals surface area contributed by atoms with Gasteiger partial charge in [0.05, 0.1) is 5.75 Å². The first-order valence-electron chi connectivity index (χ1n) is 9.44. The van der Waals surface area contributed by atoms with Gasteiger partial charge in [-0.15, -0.1) is 0 Å². The first-order chi connectivity index (χ1) is 13.0. The fourth-order valence-electron chi connectivity index (χ4n) is 3.58. The van der Waals surface area contributed by atoms with Crippen molar-refractivity contribution in [2.24, 2.45) is 0 Å². The van der Waals surface area contributed by atoms with Crippen molar-refractivity contribution < 1.29 is 13.2 Å². The highest BCUT2D eigenvalue weighted by Gasteiger charge is 2.29. The smallest absolute Gasteiger partial charge is 0.254 e. The summed E-state index contributed by atoms with van der Waals surface area (Å²) in [6, 6.07) is 17.2. The molecule has 3 rings (SSSR count). The lowest BCUT2D eigenvalue weighted by Gasteiger charge is -2.25. The lowest BCUT2D eigenvalue weighted by atomic mass is 10.0. The second-order valence-electron chi connectivity index (χ2n) is 6.99. The third kappa shape index (κ3) is 5.10. The van der Waals surface area contributed by atoms with E-state index in [-0.39, 0.29) is 17.7 Å². The molecule has 1 aliphatic rings. The summed E-state index contributed by atoms with van der Waals surface area (Å²) in [6.07, 6.45) is 3.37.